The number of piperidine rings is 1. The average Bonchev–Trinajstić information content (AvgIpc) is 3.44. The van der Waals surface area contributed by atoms with Gasteiger partial charge in [0.1, 0.15) is 40.8 Å². The Kier molecular flexibility index (Phi) is 7.53. The smallest absolute Gasteiger partial charge is 0.189 e. The molecule has 5 rings (SSSR count). The number of pyridine rings is 1. The van der Waals surface area contributed by atoms with E-state index in [1.54, 1.807) is 11.3 Å². The second kappa shape index (κ2) is 10.5. The molecule has 188 valence electrons. The maximum atomic E-state index is 13.6. The third kappa shape index (κ3) is 5.25. The molecule has 1 aromatic carbocycles. The van der Waals surface area contributed by atoms with E-state index in [0.717, 1.165) is 57.8 Å². The minimum atomic E-state index is -0.235. The summed E-state index contributed by atoms with van der Waals surface area (Å²) in [7, 11) is 8.77. The summed E-state index contributed by atoms with van der Waals surface area (Å²) >= 11 is 3.53. The number of imidazole rings is 1. The van der Waals surface area contributed by atoms with Crippen LogP contribution in [-0.2, 0) is 6.42 Å². The van der Waals surface area contributed by atoms with Gasteiger partial charge in [0.05, 0.1) is 11.4 Å². The van der Waals surface area contributed by atoms with Crippen LogP contribution in [0.2, 0.25) is 0 Å². The van der Waals surface area contributed by atoms with Gasteiger partial charge in [0.2, 0.25) is 0 Å². The molecule has 0 radical (unpaired) electrons. The van der Waals surface area contributed by atoms with Crippen LogP contribution in [0.4, 0.5) is 15.3 Å². The van der Waals surface area contributed by atoms with Crippen LogP contribution in [0.1, 0.15) is 36.9 Å². The van der Waals surface area contributed by atoms with Crippen LogP contribution in [0.15, 0.2) is 42.6 Å². The Balaban J connectivity index is 1.61. The van der Waals surface area contributed by atoms with Crippen LogP contribution in [0.3, 0.4) is 0 Å². The summed E-state index contributed by atoms with van der Waals surface area (Å²) in [5, 5.41) is 0.698. The molecule has 0 saturated carbocycles. The number of anilines is 2. The van der Waals surface area contributed by atoms with Gasteiger partial charge in [-0.05, 0) is 77.3 Å². The van der Waals surface area contributed by atoms with Gasteiger partial charge in [-0.3, -0.25) is 8.71 Å². The second-order valence-corrected chi connectivity index (χ2v) is 12.8. The first-order valence-electron chi connectivity index (χ1n) is 13.0. The van der Waals surface area contributed by atoms with Crippen LogP contribution in [-0.4, -0.2) is 74.6 Å². The Morgan fingerprint density at radius 2 is 1.81 bits per heavy atom. The van der Waals surface area contributed by atoms with Gasteiger partial charge in [-0.15, -0.1) is 11.3 Å². The summed E-state index contributed by atoms with van der Waals surface area (Å²) in [6, 6.07) is 11.1. The van der Waals surface area contributed by atoms with E-state index in [4.69, 9.17) is 9.97 Å². The van der Waals surface area contributed by atoms with Crippen LogP contribution >= 0.6 is 23.3 Å². The largest absolute Gasteiger partial charge is 0.320 e. The number of rotatable bonds is 7. The minimum Gasteiger partial charge on any atom is -0.320 e. The number of fused-ring (bicyclic) bond motifs is 1. The van der Waals surface area contributed by atoms with E-state index < -0.39 is 0 Å². The molecule has 1 aliphatic heterocycles. The highest BCUT2D eigenvalue weighted by atomic mass is 32.2. The first kappa shape index (κ1) is 26.4. The van der Waals surface area contributed by atoms with Gasteiger partial charge in [-0.2, -0.15) is 0 Å². The molecule has 4 heterocycles. The Morgan fingerprint density at radius 3 is 2.43 bits per heavy atom. The van der Waals surface area contributed by atoms with E-state index >= 15 is 0 Å². The summed E-state index contributed by atoms with van der Waals surface area (Å²) in [5.74, 6) is 1.41. The van der Waals surface area contributed by atoms with Crippen molar-refractivity contribution < 1.29 is 4.39 Å². The zero-order chi connectivity index (χ0) is 26.3. The van der Waals surface area contributed by atoms with Gasteiger partial charge in [-0.25, -0.2) is 14.4 Å². The first-order valence-corrected chi connectivity index (χ1v) is 15.0. The fourth-order valence-corrected chi connectivity index (χ4v) is 6.93. The predicted molar refractivity (Wildman–Crippen MR) is 168 cm³/mol. The third-order valence-electron chi connectivity index (χ3n) is 7.18. The quantitative estimate of drug-likeness (QED) is 0.269. The van der Waals surface area contributed by atoms with E-state index in [-0.39, 0.29) is 11.1 Å². The first-order chi connectivity index (χ1) is 17.7. The van der Waals surface area contributed by atoms with E-state index in [1.165, 1.54) is 30.5 Å². The average molecular weight is 529 g/mol. The third-order valence-corrected chi connectivity index (χ3v) is 9.02. The molecule has 12 heteroatoms. The molecule has 3 aromatic heterocycles. The van der Waals surface area contributed by atoms with Crippen molar-refractivity contribution in [2.24, 2.45) is 0 Å². The minimum absolute atomic E-state index is 0.232. The van der Waals surface area contributed by atoms with E-state index in [0.29, 0.717) is 5.92 Å². The van der Waals surface area contributed by atoms with Crippen LogP contribution in [0, 0.1) is 5.82 Å². The molecule has 0 unspecified atom stereocenters. The maximum absolute atomic E-state index is 13.6. The molecule has 1 saturated heterocycles. The molecule has 0 bridgehead atoms. The summed E-state index contributed by atoms with van der Waals surface area (Å²) < 4.78 is 19.4. The summed E-state index contributed by atoms with van der Waals surface area (Å²) in [4.78, 5) is 12.5. The Bertz CT molecular complexity index is 1390. The Hall–Kier alpha value is -2.16. The molecule has 0 atom stereocenters. The number of hydrogen-bond acceptors (Lipinski definition) is 6. The number of hydrogen-bond donors (Lipinski definition) is 0. The molecule has 5 nitrogen and oxygen atoms in total. The Morgan fingerprint density at radius 1 is 1.11 bits per heavy atom. The fourth-order valence-electron chi connectivity index (χ4n) is 5.23. The predicted octanol–water partition coefficient (Wildman–Crippen LogP) is 1.52. The molecule has 0 N–H and O–H groups in total. The van der Waals surface area contributed by atoms with Gasteiger partial charge >= 0.3 is 0 Å². The van der Waals surface area contributed by atoms with E-state index in [9.17, 15) is 4.39 Å². The molecule has 1 aliphatic rings. The zero-order valence-corrected chi connectivity index (χ0v) is 24.2. The Labute approximate surface area is 231 Å². The van der Waals surface area contributed by atoms with E-state index in [2.05, 4.69) is 76.5 Å². The van der Waals surface area contributed by atoms with Crippen molar-refractivity contribution >= 4 is 76.0 Å². The lowest BCUT2D eigenvalue weighted by Gasteiger charge is -2.36. The van der Waals surface area contributed by atoms with Gasteiger partial charge in [0.15, 0.2) is 13.0 Å². The maximum Gasteiger partial charge on any atom is 0.189 e. The lowest BCUT2D eigenvalue weighted by Crippen LogP contribution is -2.49. The highest BCUT2D eigenvalue weighted by molar-refractivity contribution is 7.96. The van der Waals surface area contributed by atoms with Crippen molar-refractivity contribution in [1.29, 1.82) is 0 Å². The molecular weight excluding hydrogens is 497 g/mol. The van der Waals surface area contributed by atoms with E-state index in [1.807, 2.05) is 24.1 Å². The number of nitrogens with zero attached hydrogens (tertiary/aromatic N) is 5. The molecule has 1 fully saturated rings. The summed E-state index contributed by atoms with van der Waals surface area (Å²) in [6.45, 7) is 4.42. The van der Waals surface area contributed by atoms with Crippen LogP contribution < -0.4 is 9.68 Å². The number of thiazole rings is 1. The van der Waals surface area contributed by atoms with Crippen LogP contribution in [0.25, 0.3) is 16.9 Å². The van der Waals surface area contributed by atoms with Crippen molar-refractivity contribution in [3.63, 3.8) is 0 Å². The standard InChI is InChI=1S/C25H32B4FN5S2/c1-3-19-23(34-14-17(6-9-20(34)31-19)15-10-12-33(36-2)13-11-15)35(25(27,28)29)24-32-21(22(26)37-24)16-4-7-18(30)8-5-16/h4-9,14-15H,3,10-13,26-29H2,1-2H3. The van der Waals surface area contributed by atoms with Crippen molar-refractivity contribution in [3.05, 3.63) is 59.7 Å². The zero-order valence-electron chi connectivity index (χ0n) is 22.6. The molecule has 0 aliphatic carbocycles. The highest BCUT2D eigenvalue weighted by Crippen LogP contribution is 2.38. The fraction of sp³-hybridized carbons (Fsp3) is 0.360. The van der Waals surface area contributed by atoms with Crippen molar-refractivity contribution in [2.75, 3.05) is 24.2 Å². The van der Waals surface area contributed by atoms with Gasteiger partial charge in [0.25, 0.3) is 0 Å². The number of aromatic nitrogens is 3. The van der Waals surface area contributed by atoms with Gasteiger partial charge in [0, 0.05) is 24.8 Å². The molecule has 4 aromatic rings. The van der Waals surface area contributed by atoms with Crippen molar-refractivity contribution in [2.45, 2.75) is 37.3 Å². The molecule has 0 amide bonds. The SMILES string of the molecule is Bc1sc(N(c2c(CC)nc3ccc(C4CCN(SC)CC4)cn23)C(B)(B)B)nc1-c1ccc(F)cc1. The lowest BCUT2D eigenvalue weighted by atomic mass is 9.48. The molecular formula is C25H32B4FN5S2. The van der Waals surface area contributed by atoms with Crippen molar-refractivity contribution in [1.82, 2.24) is 18.7 Å². The number of benzene rings is 1. The second-order valence-electron chi connectivity index (χ2n) is 10.7. The highest BCUT2D eigenvalue weighted by Gasteiger charge is 2.32. The van der Waals surface area contributed by atoms with Crippen molar-refractivity contribution in [3.8, 4) is 11.3 Å². The summed E-state index contributed by atoms with van der Waals surface area (Å²) in [6.07, 6.45) is 7.66. The topological polar surface area (TPSA) is 36.7 Å². The molecule has 37 heavy (non-hydrogen) atoms. The number of aryl methyl sites for hydroxylation is 1. The van der Waals surface area contributed by atoms with Crippen LogP contribution in [0.5, 0.6) is 0 Å². The van der Waals surface area contributed by atoms with Gasteiger partial charge < -0.3 is 4.90 Å². The van der Waals surface area contributed by atoms with Gasteiger partial charge in [-0.1, -0.05) is 24.9 Å². The lowest BCUT2D eigenvalue weighted by molar-refractivity contribution is 0.346. The molecule has 0 spiro atoms. The summed E-state index contributed by atoms with van der Waals surface area (Å²) in [5.41, 5.74) is 5.26. The normalized spacial score (nSPS) is 15.4. The number of halogens is 1. The monoisotopic (exact) mass is 529 g/mol.